The van der Waals surface area contributed by atoms with Gasteiger partial charge in [-0.3, -0.25) is 9.69 Å². The van der Waals surface area contributed by atoms with Gasteiger partial charge in [0.15, 0.2) is 5.13 Å². The normalized spacial score (nSPS) is 21.4. The largest absolute Gasteiger partial charge is 0.497 e. The van der Waals surface area contributed by atoms with E-state index >= 15 is 0 Å². The first-order valence-electron chi connectivity index (χ1n) is 11.5. The first-order valence-corrected chi connectivity index (χ1v) is 14.9. The van der Waals surface area contributed by atoms with Crippen LogP contribution in [-0.4, -0.2) is 63.1 Å². The topological polar surface area (TPSA) is 89.0 Å². The Hall–Kier alpha value is -1.76. The molecule has 0 spiro atoms. The minimum Gasteiger partial charge on any atom is -0.497 e. The molecule has 2 aromatic heterocycles. The number of ether oxygens (including phenoxy) is 2. The van der Waals surface area contributed by atoms with E-state index < -0.39 is 15.9 Å². The molecule has 3 aromatic rings. The lowest BCUT2D eigenvalue weighted by molar-refractivity contribution is -0.123. The molecule has 2 aliphatic rings. The van der Waals surface area contributed by atoms with Crippen molar-refractivity contribution in [1.29, 1.82) is 0 Å². The lowest BCUT2D eigenvalue weighted by Crippen LogP contribution is -2.48. The fraction of sp³-hybridized carbons (Fsp3) is 0.478. The summed E-state index contributed by atoms with van der Waals surface area (Å²) in [6.45, 7) is 1.61. The predicted octanol–water partition coefficient (Wildman–Crippen LogP) is 4.63. The third-order valence-corrected chi connectivity index (χ3v) is 11.0. The average molecular weight is 556 g/mol. The van der Waals surface area contributed by atoms with Gasteiger partial charge < -0.3 is 9.47 Å². The van der Waals surface area contributed by atoms with E-state index in [9.17, 15) is 13.2 Å². The van der Waals surface area contributed by atoms with Crippen molar-refractivity contribution >= 4 is 65.6 Å². The van der Waals surface area contributed by atoms with Crippen molar-refractivity contribution in [1.82, 2.24) is 9.29 Å². The van der Waals surface area contributed by atoms with Gasteiger partial charge in [0, 0.05) is 25.8 Å². The molecule has 0 radical (unpaired) electrons. The lowest BCUT2D eigenvalue weighted by atomic mass is 9.98. The van der Waals surface area contributed by atoms with Gasteiger partial charge in [-0.15, -0.1) is 11.3 Å². The molecule has 35 heavy (non-hydrogen) atoms. The number of thiophene rings is 1. The zero-order valence-electron chi connectivity index (χ0n) is 19.2. The number of aromatic nitrogens is 1. The number of nitrogens with zero attached hydrogens (tertiary/aromatic N) is 3. The highest BCUT2D eigenvalue weighted by molar-refractivity contribution is 7.91. The summed E-state index contributed by atoms with van der Waals surface area (Å²) >= 11 is 8.45. The molecule has 1 aromatic carbocycles. The number of halogens is 1. The van der Waals surface area contributed by atoms with E-state index in [-0.39, 0.29) is 22.8 Å². The number of hydrogen-bond donors (Lipinski definition) is 0. The van der Waals surface area contributed by atoms with Gasteiger partial charge in [-0.1, -0.05) is 22.9 Å². The molecule has 0 N–H and O–H groups in total. The van der Waals surface area contributed by atoms with Crippen LogP contribution in [0.25, 0.3) is 10.2 Å². The molecule has 2 fully saturated rings. The molecule has 8 nitrogen and oxygen atoms in total. The summed E-state index contributed by atoms with van der Waals surface area (Å²) in [5.74, 6) is 0.126. The predicted molar refractivity (Wildman–Crippen MR) is 138 cm³/mol. The average Bonchev–Trinajstić information content (AvgIpc) is 3.62. The van der Waals surface area contributed by atoms with Crippen molar-refractivity contribution in [3.63, 3.8) is 0 Å². The first-order chi connectivity index (χ1) is 16.8. The van der Waals surface area contributed by atoms with Gasteiger partial charge >= 0.3 is 0 Å². The van der Waals surface area contributed by atoms with Gasteiger partial charge in [0.1, 0.15) is 9.96 Å². The number of rotatable bonds is 7. The van der Waals surface area contributed by atoms with Crippen LogP contribution in [-0.2, 0) is 19.6 Å². The fourth-order valence-corrected chi connectivity index (χ4v) is 8.66. The molecule has 12 heteroatoms. The maximum absolute atomic E-state index is 13.9. The minimum absolute atomic E-state index is 0.0582. The van der Waals surface area contributed by atoms with E-state index in [1.165, 1.54) is 21.7 Å². The van der Waals surface area contributed by atoms with Crippen LogP contribution in [0.2, 0.25) is 4.34 Å². The zero-order chi connectivity index (χ0) is 24.6. The molecule has 2 atom stereocenters. The number of carbonyl (C=O) groups is 1. The number of thiazole rings is 1. The molecule has 2 saturated heterocycles. The Bertz CT molecular complexity index is 1320. The van der Waals surface area contributed by atoms with E-state index in [2.05, 4.69) is 0 Å². The number of benzene rings is 1. The molecule has 0 aliphatic carbocycles. The summed E-state index contributed by atoms with van der Waals surface area (Å²) < 4.78 is 40.5. The summed E-state index contributed by atoms with van der Waals surface area (Å²) in [7, 11) is -2.10. The highest BCUT2D eigenvalue weighted by atomic mass is 35.5. The van der Waals surface area contributed by atoms with Crippen LogP contribution in [0.1, 0.15) is 25.7 Å². The maximum Gasteiger partial charge on any atom is 0.252 e. The summed E-state index contributed by atoms with van der Waals surface area (Å²) in [4.78, 5) is 20.3. The molecule has 188 valence electrons. The lowest BCUT2D eigenvalue weighted by Gasteiger charge is -2.34. The summed E-state index contributed by atoms with van der Waals surface area (Å²) in [5.41, 5.74) is 0.761. The Morgan fingerprint density at radius 3 is 2.83 bits per heavy atom. The molecule has 5 rings (SSSR count). The van der Waals surface area contributed by atoms with Crippen LogP contribution in [0.15, 0.2) is 34.5 Å². The molecule has 2 unspecified atom stereocenters. The van der Waals surface area contributed by atoms with Gasteiger partial charge in [0.25, 0.3) is 10.0 Å². The van der Waals surface area contributed by atoms with Gasteiger partial charge in [-0.2, -0.15) is 4.31 Å². The minimum atomic E-state index is -3.70. The second-order valence-corrected chi connectivity index (χ2v) is 13.6. The number of methoxy groups -OCH3 is 1. The van der Waals surface area contributed by atoms with Crippen LogP contribution in [0, 0.1) is 5.92 Å². The second-order valence-electron chi connectivity index (χ2n) is 8.67. The number of anilines is 1. The van der Waals surface area contributed by atoms with Crippen LogP contribution in [0.3, 0.4) is 0 Å². The van der Waals surface area contributed by atoms with E-state index in [0.717, 1.165) is 34.4 Å². The molecule has 4 heterocycles. The van der Waals surface area contributed by atoms with Crippen molar-refractivity contribution in [2.24, 2.45) is 5.92 Å². The van der Waals surface area contributed by atoms with E-state index in [1.54, 1.807) is 18.1 Å². The molecular weight excluding hydrogens is 530 g/mol. The van der Waals surface area contributed by atoms with Crippen molar-refractivity contribution in [2.45, 2.75) is 36.0 Å². The Balaban J connectivity index is 1.42. The van der Waals surface area contributed by atoms with Crippen molar-refractivity contribution < 1.29 is 22.7 Å². The SMILES string of the molecule is COc1ccc2sc(N(CC3CCCO3)C(=O)C3CCCN(S(=O)(=O)c4ccc(Cl)s4)C3)nc2c1. The van der Waals surface area contributed by atoms with E-state index in [4.69, 9.17) is 26.1 Å². The number of amides is 1. The Morgan fingerprint density at radius 2 is 2.11 bits per heavy atom. The number of carbonyl (C=O) groups excluding carboxylic acids is 1. The monoisotopic (exact) mass is 555 g/mol. The highest BCUT2D eigenvalue weighted by Crippen LogP contribution is 2.35. The van der Waals surface area contributed by atoms with Gasteiger partial charge in [-0.05, 0) is 49.9 Å². The molecule has 1 amide bonds. The third-order valence-electron chi connectivity index (χ3n) is 6.37. The van der Waals surface area contributed by atoms with Crippen molar-refractivity contribution in [3.8, 4) is 5.75 Å². The van der Waals surface area contributed by atoms with E-state index in [1.807, 2.05) is 18.2 Å². The number of piperidine rings is 1. The van der Waals surface area contributed by atoms with E-state index in [0.29, 0.717) is 47.8 Å². The van der Waals surface area contributed by atoms with Crippen LogP contribution >= 0.6 is 34.3 Å². The molecule has 0 saturated carbocycles. The van der Waals surface area contributed by atoms with Gasteiger partial charge in [0.05, 0.1) is 40.2 Å². The highest BCUT2D eigenvalue weighted by Gasteiger charge is 2.37. The maximum atomic E-state index is 13.9. The number of sulfonamides is 1. The van der Waals surface area contributed by atoms with Gasteiger partial charge in [-0.25, -0.2) is 13.4 Å². The third kappa shape index (κ3) is 5.21. The number of hydrogen-bond acceptors (Lipinski definition) is 8. The molecule has 0 bridgehead atoms. The second kappa shape index (κ2) is 10.3. The number of fused-ring (bicyclic) bond motifs is 1. The summed E-state index contributed by atoms with van der Waals surface area (Å²) in [6.07, 6.45) is 3.02. The fourth-order valence-electron chi connectivity index (χ4n) is 4.54. The quantitative estimate of drug-likeness (QED) is 0.422. The molecular formula is C23H26ClN3O5S3. The Morgan fingerprint density at radius 1 is 1.26 bits per heavy atom. The smallest absolute Gasteiger partial charge is 0.252 e. The summed E-state index contributed by atoms with van der Waals surface area (Å²) in [5, 5.41) is 0.596. The Labute approximate surface area is 217 Å². The molecule has 2 aliphatic heterocycles. The standard InChI is InChI=1S/C23H26ClN3O5S3/c1-31-16-6-7-19-18(12-16)25-23(33-19)27(14-17-5-3-11-32-17)22(28)15-4-2-10-26(13-15)35(29,30)21-9-8-20(24)34-21/h6-9,12,15,17H,2-5,10-11,13-14H2,1H3. The Kier molecular flexibility index (Phi) is 7.34. The van der Waals surface area contributed by atoms with Crippen LogP contribution < -0.4 is 9.64 Å². The first kappa shape index (κ1) is 24.9. The van der Waals surface area contributed by atoms with Crippen molar-refractivity contribution in [2.75, 3.05) is 38.3 Å². The van der Waals surface area contributed by atoms with Crippen LogP contribution in [0.4, 0.5) is 5.13 Å². The van der Waals surface area contributed by atoms with Crippen molar-refractivity contribution in [3.05, 3.63) is 34.7 Å². The van der Waals surface area contributed by atoms with Gasteiger partial charge in [0.2, 0.25) is 5.91 Å². The summed E-state index contributed by atoms with van der Waals surface area (Å²) in [6, 6.07) is 8.76. The van der Waals surface area contributed by atoms with Crippen LogP contribution in [0.5, 0.6) is 5.75 Å². The zero-order valence-corrected chi connectivity index (χ0v) is 22.4.